The summed E-state index contributed by atoms with van der Waals surface area (Å²) < 4.78 is 7.07. The first kappa shape index (κ1) is 18.5. The van der Waals surface area contributed by atoms with Crippen LogP contribution in [0, 0.1) is 0 Å². The number of ether oxygens (including phenoxy) is 1. The molecule has 1 rings (SSSR count). The van der Waals surface area contributed by atoms with Gasteiger partial charge < -0.3 is 10.1 Å². The van der Waals surface area contributed by atoms with Crippen molar-refractivity contribution in [3.63, 3.8) is 0 Å². The molecular weight excluding hydrogens is 326 g/mol. The predicted octanol–water partition coefficient (Wildman–Crippen LogP) is 5.69. The number of hydrogen-bond donors (Lipinski definition) is 1. The van der Waals surface area contributed by atoms with E-state index in [-0.39, 0.29) is 0 Å². The lowest BCUT2D eigenvalue weighted by Crippen LogP contribution is -2.13. The van der Waals surface area contributed by atoms with Crippen LogP contribution in [0.3, 0.4) is 0 Å². The van der Waals surface area contributed by atoms with Gasteiger partial charge in [0.15, 0.2) is 0 Å². The van der Waals surface area contributed by atoms with Crippen molar-refractivity contribution in [1.29, 1.82) is 0 Å². The Balaban J connectivity index is 2.24. The Morgan fingerprint density at radius 2 is 1.71 bits per heavy atom. The van der Waals surface area contributed by atoms with Crippen LogP contribution in [0.25, 0.3) is 0 Å². The van der Waals surface area contributed by atoms with Gasteiger partial charge in [0.25, 0.3) is 0 Å². The van der Waals surface area contributed by atoms with E-state index < -0.39 is 0 Å². The van der Waals surface area contributed by atoms with E-state index in [1.807, 2.05) is 0 Å². The minimum atomic E-state index is 0.828. The number of benzene rings is 1. The third kappa shape index (κ3) is 8.47. The molecule has 0 fully saturated rings. The minimum Gasteiger partial charge on any atom is -0.493 e. The van der Waals surface area contributed by atoms with Crippen LogP contribution in [-0.2, 0) is 6.54 Å². The highest BCUT2D eigenvalue weighted by molar-refractivity contribution is 9.10. The SMILES string of the molecule is CCCCCCCCCOc1ccc(Br)cc1CNCC. The lowest BCUT2D eigenvalue weighted by atomic mass is 10.1. The Bertz CT molecular complexity index is 381. The number of nitrogens with one attached hydrogen (secondary N) is 1. The third-order valence-electron chi connectivity index (χ3n) is 3.59. The van der Waals surface area contributed by atoms with E-state index in [9.17, 15) is 0 Å². The Kier molecular flexibility index (Phi) is 10.6. The van der Waals surface area contributed by atoms with Crippen molar-refractivity contribution >= 4 is 15.9 Å². The molecule has 0 aliphatic heterocycles. The highest BCUT2D eigenvalue weighted by atomic mass is 79.9. The zero-order chi connectivity index (χ0) is 15.3. The standard InChI is InChI=1S/C18H30BrNO/c1-3-5-6-7-8-9-10-13-21-18-12-11-17(19)14-16(18)15-20-4-2/h11-12,14,20H,3-10,13,15H2,1-2H3. The van der Waals surface area contributed by atoms with Gasteiger partial charge in [0, 0.05) is 16.6 Å². The molecule has 0 spiro atoms. The summed E-state index contributed by atoms with van der Waals surface area (Å²) in [4.78, 5) is 0. The van der Waals surface area contributed by atoms with E-state index in [0.717, 1.165) is 36.3 Å². The Labute approximate surface area is 138 Å². The fraction of sp³-hybridized carbons (Fsp3) is 0.667. The fourth-order valence-corrected chi connectivity index (χ4v) is 2.74. The van der Waals surface area contributed by atoms with Crippen molar-refractivity contribution in [2.75, 3.05) is 13.2 Å². The molecule has 0 aromatic heterocycles. The second kappa shape index (κ2) is 12.0. The number of rotatable bonds is 12. The van der Waals surface area contributed by atoms with Crippen LogP contribution in [0.1, 0.15) is 64.4 Å². The summed E-state index contributed by atoms with van der Waals surface area (Å²) in [5, 5.41) is 3.36. The first-order valence-corrected chi connectivity index (χ1v) is 9.19. The van der Waals surface area contributed by atoms with E-state index in [2.05, 4.69) is 53.3 Å². The molecule has 0 aliphatic rings. The Morgan fingerprint density at radius 3 is 2.43 bits per heavy atom. The van der Waals surface area contributed by atoms with Gasteiger partial charge in [-0.1, -0.05) is 68.3 Å². The van der Waals surface area contributed by atoms with Crippen molar-refractivity contribution in [3.05, 3.63) is 28.2 Å². The zero-order valence-corrected chi connectivity index (χ0v) is 15.2. The maximum Gasteiger partial charge on any atom is 0.123 e. The van der Waals surface area contributed by atoms with Crippen LogP contribution in [0.15, 0.2) is 22.7 Å². The molecule has 1 aromatic carbocycles. The van der Waals surface area contributed by atoms with Gasteiger partial charge in [-0.15, -0.1) is 0 Å². The van der Waals surface area contributed by atoms with Crippen LogP contribution < -0.4 is 10.1 Å². The van der Waals surface area contributed by atoms with Crippen LogP contribution >= 0.6 is 15.9 Å². The molecule has 120 valence electrons. The summed E-state index contributed by atoms with van der Waals surface area (Å²) in [7, 11) is 0. The lowest BCUT2D eigenvalue weighted by molar-refractivity contribution is 0.300. The molecule has 1 N–H and O–H groups in total. The van der Waals surface area contributed by atoms with Crippen LogP contribution in [-0.4, -0.2) is 13.2 Å². The van der Waals surface area contributed by atoms with Crippen molar-refractivity contribution in [2.45, 2.75) is 65.3 Å². The summed E-state index contributed by atoms with van der Waals surface area (Å²) in [6, 6.07) is 6.26. The van der Waals surface area contributed by atoms with Gasteiger partial charge in [-0.2, -0.15) is 0 Å². The smallest absolute Gasteiger partial charge is 0.123 e. The Hall–Kier alpha value is -0.540. The summed E-state index contributed by atoms with van der Waals surface area (Å²) in [6.07, 6.45) is 9.23. The molecule has 1 aromatic rings. The van der Waals surface area contributed by atoms with Gasteiger partial charge in [0.2, 0.25) is 0 Å². The molecule has 21 heavy (non-hydrogen) atoms. The molecule has 3 heteroatoms. The van der Waals surface area contributed by atoms with Crippen molar-refractivity contribution in [1.82, 2.24) is 5.32 Å². The third-order valence-corrected chi connectivity index (χ3v) is 4.09. The molecule has 0 heterocycles. The molecule has 0 aliphatic carbocycles. The molecule has 0 saturated carbocycles. The maximum atomic E-state index is 5.96. The van der Waals surface area contributed by atoms with E-state index >= 15 is 0 Å². The largest absolute Gasteiger partial charge is 0.493 e. The average Bonchev–Trinajstić information content (AvgIpc) is 2.49. The van der Waals surface area contributed by atoms with Crippen LogP contribution in [0.4, 0.5) is 0 Å². The topological polar surface area (TPSA) is 21.3 Å². The minimum absolute atomic E-state index is 0.828. The summed E-state index contributed by atoms with van der Waals surface area (Å²) in [6.45, 7) is 7.05. The number of halogens is 1. The molecular formula is C18H30BrNO. The van der Waals surface area contributed by atoms with Gasteiger partial charge >= 0.3 is 0 Å². The van der Waals surface area contributed by atoms with Crippen LogP contribution in [0.2, 0.25) is 0 Å². The molecule has 0 radical (unpaired) electrons. The zero-order valence-electron chi connectivity index (χ0n) is 13.6. The summed E-state index contributed by atoms with van der Waals surface area (Å²) in [5.41, 5.74) is 1.23. The molecule has 0 amide bonds. The van der Waals surface area contributed by atoms with Gasteiger partial charge in [-0.25, -0.2) is 0 Å². The average molecular weight is 356 g/mol. The normalized spacial score (nSPS) is 10.8. The van der Waals surface area contributed by atoms with Crippen molar-refractivity contribution in [3.8, 4) is 5.75 Å². The van der Waals surface area contributed by atoms with E-state index in [4.69, 9.17) is 4.74 Å². The van der Waals surface area contributed by atoms with E-state index in [1.165, 1.54) is 44.1 Å². The summed E-state index contributed by atoms with van der Waals surface area (Å²) >= 11 is 3.53. The predicted molar refractivity (Wildman–Crippen MR) is 95.0 cm³/mol. The first-order valence-electron chi connectivity index (χ1n) is 8.39. The Morgan fingerprint density at radius 1 is 1.00 bits per heavy atom. The number of hydrogen-bond acceptors (Lipinski definition) is 2. The van der Waals surface area contributed by atoms with Crippen molar-refractivity contribution < 1.29 is 4.74 Å². The quantitative estimate of drug-likeness (QED) is 0.486. The molecule has 0 bridgehead atoms. The molecule has 0 unspecified atom stereocenters. The monoisotopic (exact) mass is 355 g/mol. The van der Waals surface area contributed by atoms with Gasteiger partial charge in [-0.05, 0) is 31.2 Å². The molecule has 0 saturated heterocycles. The lowest BCUT2D eigenvalue weighted by Gasteiger charge is -2.12. The molecule has 0 atom stereocenters. The van der Waals surface area contributed by atoms with E-state index in [0.29, 0.717) is 0 Å². The van der Waals surface area contributed by atoms with Gasteiger partial charge in [-0.3, -0.25) is 0 Å². The highest BCUT2D eigenvalue weighted by Gasteiger charge is 2.04. The highest BCUT2D eigenvalue weighted by Crippen LogP contribution is 2.23. The van der Waals surface area contributed by atoms with Gasteiger partial charge in [0.05, 0.1) is 6.61 Å². The van der Waals surface area contributed by atoms with Gasteiger partial charge in [0.1, 0.15) is 5.75 Å². The number of unbranched alkanes of at least 4 members (excludes halogenated alkanes) is 6. The first-order chi connectivity index (χ1) is 10.3. The second-order valence-corrected chi connectivity index (χ2v) is 6.42. The van der Waals surface area contributed by atoms with E-state index in [1.54, 1.807) is 0 Å². The molecule has 2 nitrogen and oxygen atoms in total. The van der Waals surface area contributed by atoms with Crippen LogP contribution in [0.5, 0.6) is 5.75 Å². The van der Waals surface area contributed by atoms with Crippen molar-refractivity contribution in [2.24, 2.45) is 0 Å². The fourth-order valence-electron chi connectivity index (χ4n) is 2.33. The summed E-state index contributed by atoms with van der Waals surface area (Å²) in [5.74, 6) is 1.02. The second-order valence-electron chi connectivity index (χ2n) is 5.50. The maximum absolute atomic E-state index is 5.96.